The van der Waals surface area contributed by atoms with Crippen LogP contribution in [0.1, 0.15) is 42.2 Å². The Morgan fingerprint density at radius 1 is 1.26 bits per heavy atom. The molecule has 102 valence electrons. The number of rotatable bonds is 6. The molecule has 0 amide bonds. The second-order valence-corrected chi connectivity index (χ2v) is 4.93. The first-order chi connectivity index (χ1) is 9.20. The second kappa shape index (κ2) is 6.53. The van der Waals surface area contributed by atoms with Gasteiger partial charge in [0.2, 0.25) is 0 Å². The lowest BCUT2D eigenvalue weighted by molar-refractivity contribution is 0.396. The van der Waals surface area contributed by atoms with Crippen LogP contribution in [0.2, 0.25) is 0 Å². The van der Waals surface area contributed by atoms with Gasteiger partial charge >= 0.3 is 0 Å². The van der Waals surface area contributed by atoms with Gasteiger partial charge in [0.15, 0.2) is 0 Å². The molecule has 0 aliphatic carbocycles. The molecule has 2 rings (SSSR count). The molecule has 2 aromatic rings. The molecule has 0 aromatic carbocycles. The maximum absolute atomic E-state index is 5.76. The number of nitrogens with zero attached hydrogens (tertiary/aromatic N) is 1. The summed E-state index contributed by atoms with van der Waals surface area (Å²) in [6.45, 7) is 7.23. The molecule has 1 atom stereocenters. The quantitative estimate of drug-likeness (QED) is 0.860. The minimum Gasteiger partial charge on any atom is -0.465 e. The summed E-state index contributed by atoms with van der Waals surface area (Å²) in [6.07, 6.45) is 3.82. The van der Waals surface area contributed by atoms with E-state index in [0.29, 0.717) is 0 Å². The zero-order chi connectivity index (χ0) is 13.7. The van der Waals surface area contributed by atoms with Crippen molar-refractivity contribution in [3.8, 4) is 0 Å². The van der Waals surface area contributed by atoms with E-state index < -0.39 is 0 Å². The SMILES string of the molecule is CCCNC(Cc1ncccc1C)c1ccc(C)o1. The lowest BCUT2D eigenvalue weighted by atomic mass is 10.0. The molecule has 0 fully saturated rings. The molecule has 3 heteroatoms. The lowest BCUT2D eigenvalue weighted by Crippen LogP contribution is -2.24. The number of aromatic nitrogens is 1. The van der Waals surface area contributed by atoms with Gasteiger partial charge in [-0.3, -0.25) is 4.98 Å². The Bertz CT molecular complexity index is 519. The first-order valence-corrected chi connectivity index (χ1v) is 6.91. The predicted octanol–water partition coefficient (Wildman–Crippen LogP) is 3.57. The third-order valence-electron chi connectivity index (χ3n) is 3.26. The van der Waals surface area contributed by atoms with E-state index in [2.05, 4.69) is 36.3 Å². The highest BCUT2D eigenvalue weighted by Crippen LogP contribution is 2.21. The molecule has 0 saturated heterocycles. The monoisotopic (exact) mass is 258 g/mol. The number of nitrogens with one attached hydrogen (secondary N) is 1. The van der Waals surface area contributed by atoms with Crippen LogP contribution in [0.15, 0.2) is 34.9 Å². The highest BCUT2D eigenvalue weighted by atomic mass is 16.3. The van der Waals surface area contributed by atoms with Crippen LogP contribution in [0.25, 0.3) is 0 Å². The van der Waals surface area contributed by atoms with E-state index in [-0.39, 0.29) is 6.04 Å². The van der Waals surface area contributed by atoms with Crippen LogP contribution >= 0.6 is 0 Å². The van der Waals surface area contributed by atoms with Crippen molar-refractivity contribution in [1.82, 2.24) is 10.3 Å². The molecule has 0 bridgehead atoms. The van der Waals surface area contributed by atoms with Gasteiger partial charge in [-0.2, -0.15) is 0 Å². The van der Waals surface area contributed by atoms with E-state index in [1.54, 1.807) is 0 Å². The molecule has 0 aliphatic heterocycles. The highest BCUT2D eigenvalue weighted by molar-refractivity contribution is 5.21. The summed E-state index contributed by atoms with van der Waals surface area (Å²) in [5.74, 6) is 1.95. The van der Waals surface area contributed by atoms with E-state index in [4.69, 9.17) is 4.42 Å². The predicted molar refractivity (Wildman–Crippen MR) is 77.2 cm³/mol. The molecule has 0 spiro atoms. The van der Waals surface area contributed by atoms with Crippen molar-refractivity contribution >= 4 is 0 Å². The zero-order valence-electron chi connectivity index (χ0n) is 11.9. The van der Waals surface area contributed by atoms with Gasteiger partial charge in [0, 0.05) is 18.3 Å². The van der Waals surface area contributed by atoms with Gasteiger partial charge in [0.05, 0.1) is 6.04 Å². The molecule has 0 aliphatic rings. The number of furan rings is 1. The Balaban J connectivity index is 2.16. The molecule has 2 heterocycles. The number of hydrogen-bond acceptors (Lipinski definition) is 3. The molecule has 0 saturated carbocycles. The third-order valence-corrected chi connectivity index (χ3v) is 3.26. The molecule has 2 aromatic heterocycles. The van der Waals surface area contributed by atoms with Gasteiger partial charge < -0.3 is 9.73 Å². The van der Waals surface area contributed by atoms with Crippen molar-refractivity contribution in [2.24, 2.45) is 0 Å². The topological polar surface area (TPSA) is 38.1 Å². The Labute approximate surface area is 115 Å². The van der Waals surface area contributed by atoms with Crippen LogP contribution < -0.4 is 5.32 Å². The van der Waals surface area contributed by atoms with Crippen molar-refractivity contribution in [3.05, 3.63) is 53.2 Å². The molecule has 1 N–H and O–H groups in total. The Morgan fingerprint density at radius 3 is 2.74 bits per heavy atom. The van der Waals surface area contributed by atoms with Crippen molar-refractivity contribution in [1.29, 1.82) is 0 Å². The van der Waals surface area contributed by atoms with Crippen molar-refractivity contribution in [2.45, 2.75) is 39.7 Å². The van der Waals surface area contributed by atoms with Crippen LogP contribution in [-0.4, -0.2) is 11.5 Å². The Hall–Kier alpha value is -1.61. The summed E-state index contributed by atoms with van der Waals surface area (Å²) in [7, 11) is 0. The molecule has 1 unspecified atom stereocenters. The fourth-order valence-corrected chi connectivity index (χ4v) is 2.16. The first-order valence-electron chi connectivity index (χ1n) is 6.91. The van der Waals surface area contributed by atoms with Gasteiger partial charge in [0.25, 0.3) is 0 Å². The van der Waals surface area contributed by atoms with Gasteiger partial charge in [-0.15, -0.1) is 0 Å². The second-order valence-electron chi connectivity index (χ2n) is 4.93. The Morgan fingerprint density at radius 2 is 2.11 bits per heavy atom. The lowest BCUT2D eigenvalue weighted by Gasteiger charge is -2.17. The fourth-order valence-electron chi connectivity index (χ4n) is 2.16. The normalized spacial score (nSPS) is 12.6. The van der Waals surface area contributed by atoms with E-state index in [0.717, 1.165) is 36.6 Å². The summed E-state index contributed by atoms with van der Waals surface area (Å²) < 4.78 is 5.76. The zero-order valence-corrected chi connectivity index (χ0v) is 11.9. The van der Waals surface area contributed by atoms with Crippen LogP contribution in [0.3, 0.4) is 0 Å². The van der Waals surface area contributed by atoms with Crippen molar-refractivity contribution in [3.63, 3.8) is 0 Å². The van der Waals surface area contributed by atoms with Gasteiger partial charge in [0.1, 0.15) is 11.5 Å². The van der Waals surface area contributed by atoms with Gasteiger partial charge in [-0.05, 0) is 50.6 Å². The van der Waals surface area contributed by atoms with Crippen molar-refractivity contribution < 1.29 is 4.42 Å². The minimum absolute atomic E-state index is 0.197. The average Bonchev–Trinajstić information content (AvgIpc) is 2.83. The summed E-state index contributed by atoms with van der Waals surface area (Å²) >= 11 is 0. The van der Waals surface area contributed by atoms with E-state index in [1.807, 2.05) is 25.3 Å². The van der Waals surface area contributed by atoms with E-state index >= 15 is 0 Å². The summed E-state index contributed by atoms with van der Waals surface area (Å²) in [5.41, 5.74) is 2.36. The number of aryl methyl sites for hydroxylation is 2. The van der Waals surface area contributed by atoms with E-state index in [9.17, 15) is 0 Å². The number of hydrogen-bond donors (Lipinski definition) is 1. The Kier molecular flexibility index (Phi) is 4.74. The summed E-state index contributed by atoms with van der Waals surface area (Å²) in [4.78, 5) is 4.48. The summed E-state index contributed by atoms with van der Waals surface area (Å²) in [5, 5.41) is 3.54. The maximum atomic E-state index is 5.76. The summed E-state index contributed by atoms with van der Waals surface area (Å²) in [6, 6.07) is 8.35. The maximum Gasteiger partial charge on any atom is 0.121 e. The van der Waals surface area contributed by atoms with E-state index in [1.165, 1.54) is 5.56 Å². The molecule has 19 heavy (non-hydrogen) atoms. The molecule has 3 nitrogen and oxygen atoms in total. The van der Waals surface area contributed by atoms with Crippen molar-refractivity contribution in [2.75, 3.05) is 6.54 Å². The van der Waals surface area contributed by atoms with Gasteiger partial charge in [-0.1, -0.05) is 13.0 Å². The fraction of sp³-hybridized carbons (Fsp3) is 0.438. The number of pyridine rings is 1. The largest absolute Gasteiger partial charge is 0.465 e. The van der Waals surface area contributed by atoms with Crippen LogP contribution in [0.4, 0.5) is 0 Å². The smallest absolute Gasteiger partial charge is 0.121 e. The average molecular weight is 258 g/mol. The molecular weight excluding hydrogens is 236 g/mol. The minimum atomic E-state index is 0.197. The molecule has 0 radical (unpaired) electrons. The molecular formula is C16H22N2O. The third kappa shape index (κ3) is 3.67. The standard InChI is InChI=1S/C16H22N2O/c1-4-9-17-15(16-8-7-13(3)19-16)11-14-12(2)6-5-10-18-14/h5-8,10,15,17H,4,9,11H2,1-3H3. The van der Waals surface area contributed by atoms with Gasteiger partial charge in [-0.25, -0.2) is 0 Å². The van der Waals surface area contributed by atoms with Crippen LogP contribution in [0.5, 0.6) is 0 Å². The van der Waals surface area contributed by atoms with Crippen LogP contribution in [0, 0.1) is 13.8 Å². The highest BCUT2D eigenvalue weighted by Gasteiger charge is 2.16. The first kappa shape index (κ1) is 13.8. The van der Waals surface area contributed by atoms with Crippen LogP contribution in [-0.2, 0) is 6.42 Å².